The Kier molecular flexibility index (Phi) is 5.81. The van der Waals surface area contributed by atoms with Crippen molar-refractivity contribution in [2.24, 2.45) is 0 Å². The summed E-state index contributed by atoms with van der Waals surface area (Å²) in [5.41, 5.74) is 1.29. The highest BCUT2D eigenvalue weighted by atomic mass is 16.6. The number of rotatable bonds is 4. The third-order valence-electron chi connectivity index (χ3n) is 5.58. The molecule has 1 unspecified atom stereocenters. The van der Waals surface area contributed by atoms with Crippen molar-refractivity contribution in [1.29, 1.82) is 0 Å². The van der Waals surface area contributed by atoms with Crippen molar-refractivity contribution in [3.8, 4) is 5.75 Å². The molecule has 1 aromatic carbocycles. The van der Waals surface area contributed by atoms with Gasteiger partial charge in [-0.1, -0.05) is 25.5 Å². The van der Waals surface area contributed by atoms with E-state index >= 15 is 0 Å². The van der Waals surface area contributed by atoms with Gasteiger partial charge in [-0.05, 0) is 50.6 Å². The first-order valence-electron chi connectivity index (χ1n) is 9.46. The highest BCUT2D eigenvalue weighted by Gasteiger charge is 2.33. The van der Waals surface area contributed by atoms with Gasteiger partial charge in [0.15, 0.2) is 0 Å². The van der Waals surface area contributed by atoms with Crippen LogP contribution < -0.4 is 10.1 Å². The lowest BCUT2D eigenvalue weighted by molar-refractivity contribution is -0.139. The largest absolute Gasteiger partial charge is 0.464 e. The first-order chi connectivity index (χ1) is 12.5. The highest BCUT2D eigenvalue weighted by Crippen LogP contribution is 2.37. The molecular formula is C20H28N2O4. The summed E-state index contributed by atoms with van der Waals surface area (Å²) < 4.78 is 10.3. The van der Waals surface area contributed by atoms with Gasteiger partial charge in [0.1, 0.15) is 11.8 Å². The molecule has 1 amide bonds. The van der Waals surface area contributed by atoms with E-state index in [4.69, 9.17) is 9.47 Å². The minimum absolute atomic E-state index is 0.0797. The zero-order chi connectivity index (χ0) is 18.6. The lowest BCUT2D eigenvalue weighted by atomic mass is 9.74. The van der Waals surface area contributed by atoms with Crippen molar-refractivity contribution >= 4 is 12.1 Å². The molecule has 2 heterocycles. The molecule has 1 aromatic rings. The van der Waals surface area contributed by atoms with Crippen LogP contribution in [0.2, 0.25) is 0 Å². The number of hydrogen-bond acceptors (Lipinski definition) is 5. The van der Waals surface area contributed by atoms with Crippen LogP contribution in [0.25, 0.3) is 0 Å². The Morgan fingerprint density at radius 1 is 1.42 bits per heavy atom. The maximum absolute atomic E-state index is 12.1. The molecular weight excluding hydrogens is 332 g/mol. The fourth-order valence-corrected chi connectivity index (χ4v) is 4.04. The standard InChI is InChI=1S/C20H28N2O4/c1-3-20(10-4-5-11-22(2)14-20)15-7-6-8-16(13-15)26-19(24)21-17-9-12-25-18(17)23/h6-8,13,17H,3-5,9-12,14H2,1-2H3,(H,21,24)/t17-,20?/m0/s1. The van der Waals surface area contributed by atoms with Gasteiger partial charge in [0, 0.05) is 18.4 Å². The predicted molar refractivity (Wildman–Crippen MR) is 98.3 cm³/mol. The maximum Gasteiger partial charge on any atom is 0.413 e. The lowest BCUT2D eigenvalue weighted by Gasteiger charge is -2.35. The van der Waals surface area contributed by atoms with Gasteiger partial charge in [-0.15, -0.1) is 0 Å². The van der Waals surface area contributed by atoms with Gasteiger partial charge in [-0.25, -0.2) is 9.59 Å². The zero-order valence-corrected chi connectivity index (χ0v) is 15.6. The molecule has 0 bridgehead atoms. The molecule has 0 saturated carbocycles. The van der Waals surface area contributed by atoms with E-state index in [1.807, 2.05) is 12.1 Å². The monoisotopic (exact) mass is 360 g/mol. The van der Waals surface area contributed by atoms with Gasteiger partial charge < -0.3 is 19.7 Å². The predicted octanol–water partition coefficient (Wildman–Crippen LogP) is 2.85. The molecule has 0 spiro atoms. The van der Waals surface area contributed by atoms with Crippen LogP contribution in [0.3, 0.4) is 0 Å². The summed E-state index contributed by atoms with van der Waals surface area (Å²) >= 11 is 0. The fourth-order valence-electron chi connectivity index (χ4n) is 4.04. The molecule has 2 saturated heterocycles. The van der Waals surface area contributed by atoms with Crippen LogP contribution in [0.15, 0.2) is 24.3 Å². The Morgan fingerprint density at radius 3 is 3.00 bits per heavy atom. The van der Waals surface area contributed by atoms with E-state index < -0.39 is 18.1 Å². The van der Waals surface area contributed by atoms with Gasteiger partial charge >= 0.3 is 12.1 Å². The average Bonchev–Trinajstić information content (AvgIpc) is 2.91. The van der Waals surface area contributed by atoms with Crippen LogP contribution in [0.5, 0.6) is 5.75 Å². The van der Waals surface area contributed by atoms with Crippen molar-refractivity contribution in [2.75, 3.05) is 26.7 Å². The third kappa shape index (κ3) is 4.18. The molecule has 2 atom stereocenters. The number of ether oxygens (including phenoxy) is 2. The van der Waals surface area contributed by atoms with E-state index in [2.05, 4.69) is 30.3 Å². The number of hydrogen-bond donors (Lipinski definition) is 1. The summed E-state index contributed by atoms with van der Waals surface area (Å²) in [7, 11) is 2.17. The van der Waals surface area contributed by atoms with E-state index in [-0.39, 0.29) is 5.41 Å². The number of esters is 1. The summed E-state index contributed by atoms with van der Waals surface area (Å²) in [5, 5.41) is 2.57. The van der Waals surface area contributed by atoms with Gasteiger partial charge in [0.25, 0.3) is 0 Å². The van der Waals surface area contributed by atoms with Gasteiger partial charge in [-0.2, -0.15) is 0 Å². The molecule has 142 valence electrons. The number of likely N-dealkylation sites (N-methyl/N-ethyl adjacent to an activating group) is 1. The van der Waals surface area contributed by atoms with Crippen molar-refractivity contribution in [2.45, 2.75) is 50.5 Å². The Labute approximate surface area is 154 Å². The molecule has 6 heteroatoms. The third-order valence-corrected chi connectivity index (χ3v) is 5.58. The van der Waals surface area contributed by atoms with Crippen LogP contribution >= 0.6 is 0 Å². The SMILES string of the molecule is CCC1(c2cccc(OC(=O)N[C@H]3CCOC3=O)c2)CCCCN(C)C1. The molecule has 26 heavy (non-hydrogen) atoms. The van der Waals surface area contributed by atoms with Gasteiger partial charge in [-0.3, -0.25) is 0 Å². The van der Waals surface area contributed by atoms with E-state index in [0.29, 0.717) is 18.8 Å². The van der Waals surface area contributed by atoms with E-state index in [0.717, 1.165) is 25.9 Å². The summed E-state index contributed by atoms with van der Waals surface area (Å²) in [4.78, 5) is 26.0. The Bertz CT molecular complexity index is 663. The van der Waals surface area contributed by atoms with Crippen LogP contribution in [0, 0.1) is 0 Å². The molecule has 3 rings (SSSR count). The Hall–Kier alpha value is -2.08. The molecule has 2 fully saturated rings. The lowest BCUT2D eigenvalue weighted by Crippen LogP contribution is -2.39. The van der Waals surface area contributed by atoms with Gasteiger partial charge in [0.05, 0.1) is 6.61 Å². The topological polar surface area (TPSA) is 67.9 Å². The normalized spacial score (nSPS) is 26.8. The first-order valence-corrected chi connectivity index (χ1v) is 9.46. The number of carbonyl (C=O) groups excluding carboxylic acids is 2. The summed E-state index contributed by atoms with van der Waals surface area (Å²) in [5.74, 6) is 0.105. The molecule has 1 N–H and O–H groups in total. The van der Waals surface area contributed by atoms with Crippen molar-refractivity contribution in [3.05, 3.63) is 29.8 Å². The van der Waals surface area contributed by atoms with Crippen molar-refractivity contribution < 1.29 is 19.1 Å². The number of cyclic esters (lactones) is 1. The molecule has 2 aliphatic rings. The van der Waals surface area contributed by atoms with Crippen molar-refractivity contribution in [1.82, 2.24) is 10.2 Å². The molecule has 6 nitrogen and oxygen atoms in total. The van der Waals surface area contributed by atoms with Crippen molar-refractivity contribution in [3.63, 3.8) is 0 Å². The van der Waals surface area contributed by atoms with Crippen LogP contribution in [-0.4, -0.2) is 49.7 Å². The minimum Gasteiger partial charge on any atom is -0.464 e. The summed E-state index contributed by atoms with van der Waals surface area (Å²) in [6.07, 6.45) is 4.47. The quantitative estimate of drug-likeness (QED) is 0.836. The average molecular weight is 360 g/mol. The number of benzene rings is 1. The summed E-state index contributed by atoms with van der Waals surface area (Å²) in [6.45, 7) is 4.70. The van der Waals surface area contributed by atoms with E-state index in [1.54, 1.807) is 6.07 Å². The second-order valence-electron chi connectivity index (χ2n) is 7.40. The molecule has 2 aliphatic heterocycles. The van der Waals surface area contributed by atoms with Crippen LogP contribution in [0.1, 0.15) is 44.6 Å². The summed E-state index contributed by atoms with van der Waals surface area (Å²) in [6, 6.07) is 7.20. The number of carbonyl (C=O) groups is 2. The number of amides is 1. The zero-order valence-electron chi connectivity index (χ0n) is 15.6. The minimum atomic E-state index is -0.616. The van der Waals surface area contributed by atoms with Crippen LogP contribution in [-0.2, 0) is 14.9 Å². The van der Waals surface area contributed by atoms with Gasteiger partial charge in [0.2, 0.25) is 0 Å². The number of nitrogens with zero attached hydrogens (tertiary/aromatic N) is 1. The first kappa shape index (κ1) is 18.7. The second-order valence-corrected chi connectivity index (χ2v) is 7.40. The van der Waals surface area contributed by atoms with Crippen LogP contribution in [0.4, 0.5) is 4.79 Å². The number of nitrogens with one attached hydrogen (secondary N) is 1. The molecule has 0 aromatic heterocycles. The van der Waals surface area contributed by atoms with E-state index in [1.165, 1.54) is 18.4 Å². The second kappa shape index (κ2) is 8.08. The molecule has 0 aliphatic carbocycles. The Balaban J connectivity index is 1.72. The Morgan fingerprint density at radius 2 is 2.27 bits per heavy atom. The highest BCUT2D eigenvalue weighted by molar-refractivity contribution is 5.83. The number of likely N-dealkylation sites (tertiary alicyclic amines) is 1. The molecule has 0 radical (unpaired) electrons. The maximum atomic E-state index is 12.1. The van der Waals surface area contributed by atoms with E-state index in [9.17, 15) is 9.59 Å². The smallest absolute Gasteiger partial charge is 0.413 e. The fraction of sp³-hybridized carbons (Fsp3) is 0.600.